The highest BCUT2D eigenvalue weighted by Crippen LogP contribution is 2.37. The second-order valence-electron chi connectivity index (χ2n) is 5.23. The van der Waals surface area contributed by atoms with Crippen molar-refractivity contribution in [3.8, 4) is 0 Å². The Morgan fingerprint density at radius 2 is 1.65 bits per heavy atom. The van der Waals surface area contributed by atoms with Crippen LogP contribution in [0.25, 0.3) is 11.8 Å². The Hall–Kier alpha value is -2.66. The van der Waals surface area contributed by atoms with E-state index in [1.54, 1.807) is 30.4 Å². The van der Waals surface area contributed by atoms with Gasteiger partial charge in [-0.1, -0.05) is 30.4 Å². The number of hydrogen-bond donors (Lipinski definition) is 1. The smallest absolute Gasteiger partial charge is 0.210 e. The van der Waals surface area contributed by atoms with Crippen molar-refractivity contribution in [2.45, 2.75) is 4.90 Å². The molecule has 0 unspecified atom stereocenters. The van der Waals surface area contributed by atoms with E-state index in [9.17, 15) is 13.5 Å². The summed E-state index contributed by atoms with van der Waals surface area (Å²) in [7, 11) is -1.70. The van der Waals surface area contributed by atoms with Gasteiger partial charge in [0.2, 0.25) is 9.84 Å². The van der Waals surface area contributed by atoms with Crippen LogP contribution in [-0.2, 0) is 16.9 Å². The molecular weight excluding hydrogens is 310 g/mol. The maximum Gasteiger partial charge on any atom is 0.210 e. The first-order valence-electron chi connectivity index (χ1n) is 7.08. The topological polar surface area (TPSA) is 58.2 Å². The average molecular weight is 326 g/mol. The molecule has 0 aliphatic carbocycles. The van der Waals surface area contributed by atoms with Gasteiger partial charge in [-0.2, -0.15) is 0 Å². The van der Waals surface area contributed by atoms with E-state index in [1.807, 2.05) is 42.2 Å². The van der Waals surface area contributed by atoms with E-state index in [4.69, 9.17) is 0 Å². The number of aryl methyl sites for hydroxylation is 1. The molecule has 0 saturated heterocycles. The molecule has 2 heterocycles. The third kappa shape index (κ3) is 2.83. The van der Waals surface area contributed by atoms with Crippen LogP contribution < -0.4 is 4.57 Å². The second-order valence-corrected chi connectivity index (χ2v) is 7.11. The van der Waals surface area contributed by atoms with Crippen LogP contribution in [0.1, 0.15) is 11.1 Å². The normalized spacial score (nSPS) is 16.4. The number of fused-ring (bicyclic) bond motifs is 1. The molecule has 0 amide bonds. The van der Waals surface area contributed by atoms with Crippen LogP contribution in [0, 0.1) is 0 Å². The molecule has 1 aliphatic rings. The number of benzene rings is 1. The van der Waals surface area contributed by atoms with E-state index < -0.39 is 9.84 Å². The Morgan fingerprint density at radius 1 is 1.00 bits per heavy atom. The van der Waals surface area contributed by atoms with E-state index in [-0.39, 0.29) is 15.6 Å². The standard InChI is InChI=1S/C18H15NO3S/c1-19-12-10-14(11-13-19)6-2-4-9-17-18(20)15-7-3-5-8-16(15)23(17,21)22/h2-13H,1H3/p+1. The number of rotatable bonds is 3. The lowest BCUT2D eigenvalue weighted by atomic mass is 10.2. The summed E-state index contributed by atoms with van der Waals surface area (Å²) in [5.41, 5.74) is 1.36. The molecular formula is C18H16NO3S+. The molecule has 1 aromatic carbocycles. The molecule has 2 aromatic rings. The van der Waals surface area contributed by atoms with Crippen molar-refractivity contribution >= 4 is 21.7 Å². The molecule has 0 radical (unpaired) electrons. The summed E-state index contributed by atoms with van der Waals surface area (Å²) >= 11 is 0. The molecule has 0 spiro atoms. The largest absolute Gasteiger partial charge is 0.506 e. The van der Waals surface area contributed by atoms with Crippen molar-refractivity contribution in [2.75, 3.05) is 0 Å². The number of allylic oxidation sites excluding steroid dienone is 3. The lowest BCUT2D eigenvalue weighted by Crippen LogP contribution is -2.25. The minimum Gasteiger partial charge on any atom is -0.506 e. The van der Waals surface area contributed by atoms with Gasteiger partial charge in [0.05, 0.1) is 4.90 Å². The maximum atomic E-state index is 12.4. The number of sulfone groups is 1. The first-order valence-corrected chi connectivity index (χ1v) is 8.56. The fraction of sp³-hybridized carbons (Fsp3) is 0.0556. The van der Waals surface area contributed by atoms with Crippen molar-refractivity contribution < 1.29 is 18.1 Å². The fourth-order valence-electron chi connectivity index (χ4n) is 2.38. The Bertz CT molecular complexity index is 936. The van der Waals surface area contributed by atoms with Crippen LogP contribution in [-0.4, -0.2) is 13.5 Å². The van der Waals surface area contributed by atoms with Crippen LogP contribution >= 0.6 is 0 Å². The fourth-order valence-corrected chi connectivity index (χ4v) is 3.95. The molecule has 5 heteroatoms. The molecule has 116 valence electrons. The molecule has 1 N–H and O–H groups in total. The first kappa shape index (κ1) is 15.2. The predicted molar refractivity (Wildman–Crippen MR) is 89.0 cm³/mol. The number of aliphatic hydroxyl groups is 1. The number of aromatic nitrogens is 1. The van der Waals surface area contributed by atoms with E-state index in [0.29, 0.717) is 5.56 Å². The van der Waals surface area contributed by atoms with Crippen LogP contribution in [0.5, 0.6) is 0 Å². The minimum atomic E-state index is -3.64. The van der Waals surface area contributed by atoms with Crippen molar-refractivity contribution in [1.29, 1.82) is 0 Å². The molecule has 0 saturated carbocycles. The van der Waals surface area contributed by atoms with E-state index >= 15 is 0 Å². The molecule has 0 atom stereocenters. The van der Waals surface area contributed by atoms with Gasteiger partial charge < -0.3 is 5.11 Å². The Morgan fingerprint density at radius 3 is 2.35 bits per heavy atom. The van der Waals surface area contributed by atoms with E-state index in [2.05, 4.69) is 0 Å². The third-order valence-corrected chi connectivity index (χ3v) is 5.45. The number of nitrogens with zero attached hydrogens (tertiary/aromatic N) is 1. The quantitative estimate of drug-likeness (QED) is 0.697. The summed E-state index contributed by atoms with van der Waals surface area (Å²) in [6.07, 6.45) is 10.5. The molecule has 0 bridgehead atoms. The number of pyridine rings is 1. The first-order chi connectivity index (χ1) is 11.0. The molecule has 3 rings (SSSR count). The van der Waals surface area contributed by atoms with Crippen molar-refractivity contribution in [3.63, 3.8) is 0 Å². The summed E-state index contributed by atoms with van der Waals surface area (Å²) in [6.45, 7) is 0. The summed E-state index contributed by atoms with van der Waals surface area (Å²) in [5.74, 6) is -0.197. The lowest BCUT2D eigenvalue weighted by molar-refractivity contribution is -0.671. The van der Waals surface area contributed by atoms with Gasteiger partial charge in [0.1, 0.15) is 17.7 Å². The summed E-state index contributed by atoms with van der Waals surface area (Å²) in [4.78, 5) is 0.0829. The average Bonchev–Trinajstić information content (AvgIpc) is 2.74. The lowest BCUT2D eigenvalue weighted by Gasteiger charge is -1.97. The van der Waals surface area contributed by atoms with Gasteiger partial charge in [0.25, 0.3) is 0 Å². The maximum absolute atomic E-state index is 12.4. The minimum absolute atomic E-state index is 0.0668. The molecule has 4 nitrogen and oxygen atoms in total. The number of aliphatic hydroxyl groups excluding tert-OH is 1. The summed E-state index contributed by atoms with van der Waals surface area (Å²) in [5, 5.41) is 10.1. The zero-order valence-electron chi connectivity index (χ0n) is 12.5. The monoisotopic (exact) mass is 326 g/mol. The highest BCUT2D eigenvalue weighted by atomic mass is 32.2. The van der Waals surface area contributed by atoms with Gasteiger partial charge in [0.15, 0.2) is 12.4 Å². The SMILES string of the molecule is C[n+]1ccc(/C=C/C=C/C2=C(O)c3ccccc3S2(=O)=O)cc1. The number of hydrogen-bond acceptors (Lipinski definition) is 3. The zero-order valence-corrected chi connectivity index (χ0v) is 13.4. The summed E-state index contributed by atoms with van der Waals surface area (Å²) in [6, 6.07) is 10.3. The van der Waals surface area contributed by atoms with Gasteiger partial charge in [-0.3, -0.25) is 0 Å². The zero-order chi connectivity index (χ0) is 16.4. The highest BCUT2D eigenvalue weighted by Gasteiger charge is 2.33. The Balaban J connectivity index is 1.86. The van der Waals surface area contributed by atoms with E-state index in [1.165, 1.54) is 12.1 Å². The van der Waals surface area contributed by atoms with Crippen LogP contribution in [0.15, 0.2) is 76.8 Å². The Labute approximate surface area is 135 Å². The molecule has 0 fully saturated rings. The second kappa shape index (κ2) is 5.85. The van der Waals surface area contributed by atoms with Crippen molar-refractivity contribution in [1.82, 2.24) is 0 Å². The van der Waals surface area contributed by atoms with Crippen LogP contribution in [0.4, 0.5) is 0 Å². The Kier molecular flexibility index (Phi) is 3.88. The van der Waals surface area contributed by atoms with Gasteiger partial charge in [-0.05, 0) is 23.8 Å². The van der Waals surface area contributed by atoms with Gasteiger partial charge in [0, 0.05) is 17.7 Å². The predicted octanol–water partition coefficient (Wildman–Crippen LogP) is 2.79. The van der Waals surface area contributed by atoms with Gasteiger partial charge in [-0.15, -0.1) is 0 Å². The van der Waals surface area contributed by atoms with Crippen molar-refractivity contribution in [2.24, 2.45) is 7.05 Å². The third-order valence-electron chi connectivity index (χ3n) is 3.61. The van der Waals surface area contributed by atoms with Crippen LogP contribution in [0.3, 0.4) is 0 Å². The highest BCUT2D eigenvalue weighted by molar-refractivity contribution is 7.96. The molecule has 1 aliphatic heterocycles. The molecule has 1 aromatic heterocycles. The molecule has 23 heavy (non-hydrogen) atoms. The van der Waals surface area contributed by atoms with E-state index in [0.717, 1.165) is 5.56 Å². The van der Waals surface area contributed by atoms with Crippen molar-refractivity contribution in [3.05, 3.63) is 83.1 Å². The van der Waals surface area contributed by atoms with Gasteiger partial charge in [-0.25, -0.2) is 13.0 Å². The van der Waals surface area contributed by atoms with Gasteiger partial charge >= 0.3 is 0 Å². The summed E-state index contributed by atoms with van der Waals surface area (Å²) < 4.78 is 26.7. The van der Waals surface area contributed by atoms with Crippen LogP contribution in [0.2, 0.25) is 0 Å².